The van der Waals surface area contributed by atoms with Crippen LogP contribution >= 0.6 is 0 Å². The van der Waals surface area contributed by atoms with Gasteiger partial charge in [-0.2, -0.15) is 0 Å². The van der Waals surface area contributed by atoms with E-state index >= 15 is 0 Å². The van der Waals surface area contributed by atoms with Gasteiger partial charge in [0.15, 0.2) is 0 Å². The average molecular weight is 255 g/mol. The summed E-state index contributed by atoms with van der Waals surface area (Å²) >= 11 is 0. The second-order valence-corrected chi connectivity index (χ2v) is 5.25. The molecule has 0 bridgehead atoms. The predicted octanol–water partition coefficient (Wildman–Crippen LogP) is 2.35. The highest BCUT2D eigenvalue weighted by molar-refractivity contribution is 5.76. The van der Waals surface area contributed by atoms with Gasteiger partial charge in [0.05, 0.1) is 0 Å². The number of hydrogen-bond donors (Lipinski definition) is 2. The molecule has 106 valence electrons. The number of nitrogens with zero attached hydrogens (tertiary/aromatic N) is 1. The van der Waals surface area contributed by atoms with Crippen molar-refractivity contribution in [1.29, 1.82) is 0 Å². The summed E-state index contributed by atoms with van der Waals surface area (Å²) < 4.78 is 0. The van der Waals surface area contributed by atoms with Crippen LogP contribution in [0.3, 0.4) is 0 Å². The monoisotopic (exact) mass is 255 g/mol. The Labute approximate surface area is 111 Å². The van der Waals surface area contributed by atoms with Gasteiger partial charge in [-0.15, -0.1) is 0 Å². The summed E-state index contributed by atoms with van der Waals surface area (Å²) in [6, 6.07) is 0.483. The Hall–Kier alpha value is -0.770. The Morgan fingerprint density at radius 3 is 2.61 bits per heavy atom. The van der Waals surface area contributed by atoms with Gasteiger partial charge < -0.3 is 15.5 Å². The van der Waals surface area contributed by atoms with Crippen molar-refractivity contribution in [3.63, 3.8) is 0 Å². The molecule has 1 atom stereocenters. The molecule has 1 fully saturated rings. The lowest BCUT2D eigenvalue weighted by Crippen LogP contribution is -2.33. The van der Waals surface area contributed by atoms with Crippen molar-refractivity contribution in [2.75, 3.05) is 26.2 Å². The number of hydrogen-bond acceptors (Lipinski definition) is 2. The zero-order valence-corrected chi connectivity index (χ0v) is 12.0. The molecule has 1 saturated heterocycles. The summed E-state index contributed by atoms with van der Waals surface area (Å²) in [4.78, 5) is 13.4. The van der Waals surface area contributed by atoms with Crippen LogP contribution in [0.15, 0.2) is 0 Å². The van der Waals surface area contributed by atoms with Gasteiger partial charge in [0, 0.05) is 19.1 Å². The molecule has 1 aliphatic heterocycles. The van der Waals surface area contributed by atoms with Gasteiger partial charge >= 0.3 is 6.03 Å². The highest BCUT2D eigenvalue weighted by Gasteiger charge is 2.25. The Morgan fingerprint density at radius 2 is 1.94 bits per heavy atom. The molecule has 2 amide bonds. The van der Waals surface area contributed by atoms with Crippen molar-refractivity contribution >= 4 is 6.03 Å². The van der Waals surface area contributed by atoms with Crippen LogP contribution in [0.25, 0.3) is 0 Å². The van der Waals surface area contributed by atoms with E-state index in [2.05, 4.69) is 24.5 Å². The molecule has 1 aliphatic rings. The molecular formula is C14H29N3O. The zero-order chi connectivity index (χ0) is 13.2. The molecule has 0 spiro atoms. The average Bonchev–Trinajstić information content (AvgIpc) is 2.68. The summed E-state index contributed by atoms with van der Waals surface area (Å²) in [5, 5.41) is 6.34. The van der Waals surface area contributed by atoms with Crippen LogP contribution in [0.2, 0.25) is 0 Å². The molecule has 0 aromatic carbocycles. The van der Waals surface area contributed by atoms with Crippen molar-refractivity contribution in [3.8, 4) is 0 Å². The Balaban J connectivity index is 1.88. The smallest absolute Gasteiger partial charge is 0.317 e. The predicted molar refractivity (Wildman–Crippen MR) is 75.8 cm³/mol. The highest BCUT2D eigenvalue weighted by Crippen LogP contribution is 2.09. The van der Waals surface area contributed by atoms with E-state index < -0.39 is 0 Å². The van der Waals surface area contributed by atoms with Crippen LogP contribution in [0.5, 0.6) is 0 Å². The lowest BCUT2D eigenvalue weighted by molar-refractivity contribution is 0.205. The van der Waals surface area contributed by atoms with Gasteiger partial charge in [0.1, 0.15) is 0 Å². The van der Waals surface area contributed by atoms with Crippen LogP contribution in [-0.4, -0.2) is 43.2 Å². The highest BCUT2D eigenvalue weighted by atomic mass is 16.2. The van der Waals surface area contributed by atoms with Crippen LogP contribution in [0.4, 0.5) is 4.79 Å². The Kier molecular flexibility index (Phi) is 7.81. The van der Waals surface area contributed by atoms with E-state index in [0.29, 0.717) is 6.04 Å². The number of nitrogens with one attached hydrogen (secondary N) is 2. The number of amides is 2. The topological polar surface area (TPSA) is 44.4 Å². The third-order valence-corrected chi connectivity index (χ3v) is 3.55. The second kappa shape index (κ2) is 9.20. The maximum atomic E-state index is 11.5. The number of carbonyl (C=O) groups excluding carboxylic acids is 1. The van der Waals surface area contributed by atoms with E-state index in [1.54, 1.807) is 0 Å². The number of carbonyl (C=O) groups is 1. The first kappa shape index (κ1) is 15.3. The van der Waals surface area contributed by atoms with Crippen molar-refractivity contribution in [2.24, 2.45) is 0 Å². The van der Waals surface area contributed by atoms with Gasteiger partial charge in [0.2, 0.25) is 0 Å². The van der Waals surface area contributed by atoms with Crippen molar-refractivity contribution in [2.45, 2.75) is 58.4 Å². The maximum absolute atomic E-state index is 11.5. The van der Waals surface area contributed by atoms with Gasteiger partial charge in [-0.05, 0) is 39.3 Å². The minimum Gasteiger partial charge on any atom is -0.336 e. The lowest BCUT2D eigenvalue weighted by Gasteiger charge is -2.19. The normalized spacial score (nSPS) is 19.3. The maximum Gasteiger partial charge on any atom is 0.317 e. The second-order valence-electron chi connectivity index (χ2n) is 5.25. The Bertz CT molecular complexity index is 233. The van der Waals surface area contributed by atoms with E-state index in [-0.39, 0.29) is 6.03 Å². The third-order valence-electron chi connectivity index (χ3n) is 3.55. The first-order valence-corrected chi connectivity index (χ1v) is 7.51. The van der Waals surface area contributed by atoms with E-state index in [9.17, 15) is 4.79 Å². The van der Waals surface area contributed by atoms with Gasteiger partial charge in [-0.1, -0.05) is 26.2 Å². The van der Waals surface area contributed by atoms with E-state index in [4.69, 9.17) is 0 Å². The summed E-state index contributed by atoms with van der Waals surface area (Å²) in [7, 11) is 0. The molecule has 0 radical (unpaired) electrons. The largest absolute Gasteiger partial charge is 0.336 e. The molecule has 18 heavy (non-hydrogen) atoms. The van der Waals surface area contributed by atoms with Crippen LogP contribution in [0, 0.1) is 0 Å². The summed E-state index contributed by atoms with van der Waals surface area (Å²) in [5.41, 5.74) is 0. The fourth-order valence-electron chi connectivity index (χ4n) is 2.28. The molecular weight excluding hydrogens is 226 g/mol. The molecule has 2 N–H and O–H groups in total. The Morgan fingerprint density at radius 1 is 1.22 bits per heavy atom. The van der Waals surface area contributed by atoms with Crippen LogP contribution in [-0.2, 0) is 0 Å². The fraction of sp³-hybridized carbons (Fsp3) is 0.929. The van der Waals surface area contributed by atoms with Gasteiger partial charge in [-0.25, -0.2) is 4.79 Å². The van der Waals surface area contributed by atoms with Crippen LogP contribution < -0.4 is 10.6 Å². The summed E-state index contributed by atoms with van der Waals surface area (Å²) in [5.74, 6) is 0. The quantitative estimate of drug-likeness (QED) is 0.589. The van der Waals surface area contributed by atoms with E-state index in [0.717, 1.165) is 32.6 Å². The molecule has 0 aromatic heterocycles. The van der Waals surface area contributed by atoms with Crippen molar-refractivity contribution in [1.82, 2.24) is 15.5 Å². The molecule has 0 aromatic rings. The number of rotatable bonds is 10. The zero-order valence-electron chi connectivity index (χ0n) is 12.0. The van der Waals surface area contributed by atoms with Crippen molar-refractivity contribution in [3.05, 3.63) is 0 Å². The van der Waals surface area contributed by atoms with E-state index in [1.807, 2.05) is 4.90 Å². The summed E-state index contributed by atoms with van der Waals surface area (Å²) in [6.45, 7) is 8.34. The van der Waals surface area contributed by atoms with Gasteiger partial charge in [0.25, 0.3) is 0 Å². The van der Waals surface area contributed by atoms with E-state index in [1.165, 1.54) is 32.1 Å². The number of urea groups is 1. The first-order valence-electron chi connectivity index (χ1n) is 7.51. The molecule has 0 aliphatic carbocycles. The molecule has 0 saturated carbocycles. The molecule has 1 unspecified atom stereocenters. The third kappa shape index (κ3) is 5.71. The minimum absolute atomic E-state index is 0.115. The fourth-order valence-corrected chi connectivity index (χ4v) is 2.28. The summed E-state index contributed by atoms with van der Waals surface area (Å²) in [6.07, 6.45) is 7.43. The first-order chi connectivity index (χ1) is 8.75. The standard InChI is InChI=1S/C14H29N3O/c1-3-4-9-15-10-7-5-6-8-11-17-13(2)12-16-14(17)18/h13,15H,3-12H2,1-2H3,(H,16,18). The molecule has 4 heteroatoms. The molecule has 1 heterocycles. The van der Waals surface area contributed by atoms with Crippen LogP contribution in [0.1, 0.15) is 52.4 Å². The molecule has 1 rings (SSSR count). The lowest BCUT2D eigenvalue weighted by atomic mass is 10.2. The molecule has 4 nitrogen and oxygen atoms in total. The SMILES string of the molecule is CCCCNCCCCCCN1C(=O)NCC1C. The van der Waals surface area contributed by atoms with Crippen molar-refractivity contribution < 1.29 is 4.79 Å². The van der Waals surface area contributed by atoms with Gasteiger partial charge in [-0.3, -0.25) is 0 Å². The number of unbranched alkanes of at least 4 members (excludes halogenated alkanes) is 4. The minimum atomic E-state index is 0.115.